The molecule has 1 atom stereocenters. The second-order valence-corrected chi connectivity index (χ2v) is 4.84. The molecule has 17 heavy (non-hydrogen) atoms. The van der Waals surface area contributed by atoms with Gasteiger partial charge in [0.1, 0.15) is 11.7 Å². The molecule has 1 aromatic heterocycles. The van der Waals surface area contributed by atoms with Gasteiger partial charge in [-0.1, -0.05) is 26.8 Å². The molecule has 2 N–H and O–H groups in total. The number of nitrogens with zero attached hydrogens (tertiary/aromatic N) is 1. The second-order valence-electron chi connectivity index (χ2n) is 4.84. The van der Waals surface area contributed by atoms with Crippen LogP contribution in [0.2, 0.25) is 0 Å². The summed E-state index contributed by atoms with van der Waals surface area (Å²) in [6.07, 6.45) is 1.53. The van der Waals surface area contributed by atoms with Crippen molar-refractivity contribution in [3.63, 3.8) is 0 Å². The number of hydrogen-bond donors (Lipinski definition) is 2. The predicted octanol–water partition coefficient (Wildman–Crippen LogP) is 1.77. The number of carboxylic acids is 1. The number of carbonyl (C=O) groups excluding carboxylic acids is 1. The van der Waals surface area contributed by atoms with Crippen molar-refractivity contribution in [2.24, 2.45) is 11.3 Å². The molecule has 5 heteroatoms. The normalized spacial score (nSPS) is 12.9. The van der Waals surface area contributed by atoms with Crippen molar-refractivity contribution >= 4 is 17.7 Å². The van der Waals surface area contributed by atoms with Crippen molar-refractivity contribution in [3.05, 3.63) is 24.4 Å². The molecule has 0 unspecified atom stereocenters. The smallest absolute Gasteiger partial charge is 0.316 e. The molecule has 1 aromatic rings. The third-order valence-electron chi connectivity index (χ3n) is 2.29. The Labute approximate surface area is 99.9 Å². The van der Waals surface area contributed by atoms with Gasteiger partial charge in [-0.3, -0.25) is 9.59 Å². The lowest BCUT2D eigenvalue weighted by molar-refractivity contribution is -0.149. The number of carbonyl (C=O) groups is 2. The summed E-state index contributed by atoms with van der Waals surface area (Å²) in [5.41, 5.74) is -0.648. The first-order chi connectivity index (χ1) is 7.82. The zero-order valence-electron chi connectivity index (χ0n) is 10.1. The lowest BCUT2D eigenvalue weighted by Gasteiger charge is -2.25. The highest BCUT2D eigenvalue weighted by Crippen LogP contribution is 2.27. The van der Waals surface area contributed by atoms with E-state index in [9.17, 15) is 9.59 Å². The molecule has 0 aliphatic heterocycles. The van der Waals surface area contributed by atoms with Crippen LogP contribution >= 0.6 is 0 Å². The number of nitrogens with one attached hydrogen (secondary N) is 1. The van der Waals surface area contributed by atoms with E-state index in [-0.39, 0.29) is 0 Å². The maximum Gasteiger partial charge on any atom is 0.316 e. The number of rotatable bonds is 3. The molecule has 0 saturated heterocycles. The van der Waals surface area contributed by atoms with Gasteiger partial charge in [-0.25, -0.2) is 4.98 Å². The predicted molar refractivity (Wildman–Crippen MR) is 63.4 cm³/mol. The largest absolute Gasteiger partial charge is 0.481 e. The average molecular weight is 236 g/mol. The van der Waals surface area contributed by atoms with Crippen molar-refractivity contribution in [2.45, 2.75) is 20.8 Å². The molecule has 1 amide bonds. The van der Waals surface area contributed by atoms with Crippen LogP contribution in [0.1, 0.15) is 20.8 Å². The summed E-state index contributed by atoms with van der Waals surface area (Å²) in [6, 6.07) is 5.04. The first-order valence-corrected chi connectivity index (χ1v) is 5.27. The van der Waals surface area contributed by atoms with Gasteiger partial charge in [0.2, 0.25) is 5.91 Å². The van der Waals surface area contributed by atoms with E-state index in [1.54, 1.807) is 39.0 Å². The minimum absolute atomic E-state index is 0.355. The Balaban J connectivity index is 2.84. The Morgan fingerprint density at radius 3 is 2.41 bits per heavy atom. The molecule has 0 aromatic carbocycles. The van der Waals surface area contributed by atoms with E-state index < -0.39 is 23.2 Å². The Morgan fingerprint density at radius 2 is 2.00 bits per heavy atom. The number of aromatic nitrogens is 1. The minimum atomic E-state index is -1.13. The van der Waals surface area contributed by atoms with Crippen LogP contribution in [0, 0.1) is 11.3 Å². The lowest BCUT2D eigenvalue weighted by atomic mass is 9.80. The molecule has 5 nitrogen and oxygen atoms in total. The zero-order valence-corrected chi connectivity index (χ0v) is 10.1. The van der Waals surface area contributed by atoms with Gasteiger partial charge in [0.05, 0.1) is 0 Å². The third-order valence-corrected chi connectivity index (χ3v) is 2.29. The summed E-state index contributed by atoms with van der Waals surface area (Å²) >= 11 is 0. The van der Waals surface area contributed by atoms with Crippen LogP contribution in [0.3, 0.4) is 0 Å². The van der Waals surface area contributed by atoms with Gasteiger partial charge >= 0.3 is 5.97 Å². The number of amides is 1. The van der Waals surface area contributed by atoms with Crippen LogP contribution in [-0.4, -0.2) is 22.0 Å². The van der Waals surface area contributed by atoms with Gasteiger partial charge in [0, 0.05) is 6.20 Å². The van der Waals surface area contributed by atoms with Crippen molar-refractivity contribution < 1.29 is 14.7 Å². The van der Waals surface area contributed by atoms with E-state index in [4.69, 9.17) is 5.11 Å². The van der Waals surface area contributed by atoms with Crippen LogP contribution in [0.15, 0.2) is 24.4 Å². The maximum absolute atomic E-state index is 11.9. The Morgan fingerprint density at radius 1 is 1.35 bits per heavy atom. The van der Waals surface area contributed by atoms with Crippen LogP contribution in [-0.2, 0) is 9.59 Å². The highest BCUT2D eigenvalue weighted by Gasteiger charge is 2.37. The van der Waals surface area contributed by atoms with Gasteiger partial charge in [-0.05, 0) is 17.5 Å². The van der Waals surface area contributed by atoms with E-state index >= 15 is 0 Å². The van der Waals surface area contributed by atoms with Gasteiger partial charge in [0.15, 0.2) is 0 Å². The van der Waals surface area contributed by atoms with Crippen LogP contribution in [0.4, 0.5) is 5.82 Å². The monoisotopic (exact) mass is 236 g/mol. The average Bonchev–Trinajstić information content (AvgIpc) is 2.15. The lowest BCUT2D eigenvalue weighted by Crippen LogP contribution is -2.39. The van der Waals surface area contributed by atoms with Gasteiger partial charge in [0.25, 0.3) is 0 Å². The maximum atomic E-state index is 11.9. The number of hydrogen-bond acceptors (Lipinski definition) is 3. The van der Waals surface area contributed by atoms with Crippen molar-refractivity contribution in [1.82, 2.24) is 4.98 Å². The first-order valence-electron chi connectivity index (χ1n) is 5.27. The molecule has 0 bridgehead atoms. The fourth-order valence-electron chi connectivity index (χ4n) is 1.51. The Kier molecular flexibility index (Phi) is 3.83. The van der Waals surface area contributed by atoms with Crippen molar-refractivity contribution in [1.29, 1.82) is 0 Å². The van der Waals surface area contributed by atoms with E-state index in [0.717, 1.165) is 0 Å². The van der Waals surface area contributed by atoms with Crippen molar-refractivity contribution in [3.8, 4) is 0 Å². The summed E-state index contributed by atoms with van der Waals surface area (Å²) in [4.78, 5) is 26.9. The molecule has 1 rings (SSSR count). The molecule has 92 valence electrons. The topological polar surface area (TPSA) is 79.3 Å². The molecule has 1 heterocycles. The summed E-state index contributed by atoms with van der Waals surface area (Å²) < 4.78 is 0. The molecule has 0 radical (unpaired) electrons. The molecule has 0 fully saturated rings. The molecule has 0 aliphatic rings. The molecular formula is C12H16N2O3. The number of aliphatic carboxylic acids is 1. The van der Waals surface area contributed by atoms with E-state index in [2.05, 4.69) is 10.3 Å². The first kappa shape index (κ1) is 13.2. The SMILES string of the molecule is CC(C)(C)[C@H](C(=O)O)C(=O)Nc1ccccn1. The minimum Gasteiger partial charge on any atom is -0.481 e. The van der Waals surface area contributed by atoms with Gasteiger partial charge in [-0.2, -0.15) is 0 Å². The van der Waals surface area contributed by atoms with E-state index in [0.29, 0.717) is 5.82 Å². The molecule has 0 spiro atoms. The number of pyridine rings is 1. The molecular weight excluding hydrogens is 220 g/mol. The quantitative estimate of drug-likeness (QED) is 0.784. The summed E-state index contributed by atoms with van der Waals surface area (Å²) in [5.74, 6) is -2.44. The second kappa shape index (κ2) is 4.95. The molecule has 0 saturated carbocycles. The standard InChI is InChI=1S/C12H16N2O3/c1-12(2,3)9(11(16)17)10(15)14-8-6-4-5-7-13-8/h4-7,9H,1-3H3,(H,16,17)(H,13,14,15)/t9-/m0/s1. The molecule has 0 aliphatic carbocycles. The van der Waals surface area contributed by atoms with Gasteiger partial charge in [-0.15, -0.1) is 0 Å². The van der Waals surface area contributed by atoms with Crippen LogP contribution in [0.5, 0.6) is 0 Å². The van der Waals surface area contributed by atoms with Crippen LogP contribution < -0.4 is 5.32 Å². The van der Waals surface area contributed by atoms with Crippen LogP contribution in [0.25, 0.3) is 0 Å². The fourth-order valence-corrected chi connectivity index (χ4v) is 1.51. The Hall–Kier alpha value is -1.91. The Bertz CT molecular complexity index is 410. The number of carboxylic acid groups (broad SMARTS) is 1. The fraction of sp³-hybridized carbons (Fsp3) is 0.417. The van der Waals surface area contributed by atoms with Crippen molar-refractivity contribution in [2.75, 3.05) is 5.32 Å². The van der Waals surface area contributed by atoms with Gasteiger partial charge < -0.3 is 10.4 Å². The zero-order chi connectivity index (χ0) is 13.1. The highest BCUT2D eigenvalue weighted by atomic mass is 16.4. The summed E-state index contributed by atoms with van der Waals surface area (Å²) in [5, 5.41) is 11.6. The summed E-state index contributed by atoms with van der Waals surface area (Å²) in [7, 11) is 0. The van der Waals surface area contributed by atoms with E-state index in [1.165, 1.54) is 6.20 Å². The van der Waals surface area contributed by atoms with E-state index in [1.807, 2.05) is 0 Å². The third kappa shape index (κ3) is 3.55. The number of anilines is 1. The highest BCUT2D eigenvalue weighted by molar-refractivity contribution is 6.04. The summed E-state index contributed by atoms with van der Waals surface area (Å²) in [6.45, 7) is 5.14.